The Hall–Kier alpha value is -1.68. The van der Waals surface area contributed by atoms with Gasteiger partial charge in [0.2, 0.25) is 0 Å². The number of hydrogen-bond acceptors (Lipinski definition) is 3. The van der Waals surface area contributed by atoms with Crippen LogP contribution in [-0.2, 0) is 0 Å². The highest BCUT2D eigenvalue weighted by atomic mass is 16.2. The van der Waals surface area contributed by atoms with Gasteiger partial charge in [0.05, 0.1) is 6.20 Å². The second-order valence-electron chi connectivity index (χ2n) is 2.99. The number of aromatic amines is 1. The van der Waals surface area contributed by atoms with E-state index in [0.29, 0.717) is 6.42 Å². The average Bonchev–Trinajstić information content (AvgIpc) is 2.65. The number of nitrogens with zero attached hydrogens (tertiary/aromatic N) is 2. The van der Waals surface area contributed by atoms with Gasteiger partial charge in [-0.25, -0.2) is 4.98 Å². The van der Waals surface area contributed by atoms with E-state index in [1.54, 1.807) is 12.4 Å². The summed E-state index contributed by atoms with van der Waals surface area (Å²) in [6, 6.07) is 2.00. The highest BCUT2D eigenvalue weighted by molar-refractivity contribution is 5.76. The lowest BCUT2D eigenvalue weighted by Crippen LogP contribution is -1.80. The summed E-state index contributed by atoms with van der Waals surface area (Å²) in [5, 5.41) is 16.3. The molecule has 2 rings (SSSR count). The van der Waals surface area contributed by atoms with Crippen molar-refractivity contribution in [1.29, 1.82) is 0 Å². The second kappa shape index (κ2) is 4.02. The number of fused-ring (bicyclic) bond motifs is 1. The Morgan fingerprint density at radius 1 is 1.43 bits per heavy atom. The van der Waals surface area contributed by atoms with Crippen LogP contribution in [0.2, 0.25) is 0 Å². The summed E-state index contributed by atoms with van der Waals surface area (Å²) in [5.41, 5.74) is 1.82. The normalized spacial score (nSPS) is 11.5. The van der Waals surface area contributed by atoms with E-state index in [2.05, 4.69) is 15.2 Å². The molecule has 0 spiro atoms. The van der Waals surface area contributed by atoms with Crippen molar-refractivity contribution in [3.8, 4) is 0 Å². The molecule has 2 aromatic heterocycles. The maximum atomic E-state index is 8.60. The van der Waals surface area contributed by atoms with Crippen LogP contribution in [-0.4, -0.2) is 26.9 Å². The molecule has 4 nitrogen and oxygen atoms in total. The predicted molar refractivity (Wildman–Crippen MR) is 54.6 cm³/mol. The van der Waals surface area contributed by atoms with Crippen LogP contribution in [0, 0.1) is 0 Å². The fourth-order valence-electron chi connectivity index (χ4n) is 1.24. The van der Waals surface area contributed by atoms with Crippen LogP contribution in [0.4, 0.5) is 0 Å². The van der Waals surface area contributed by atoms with Gasteiger partial charge in [0.15, 0.2) is 5.65 Å². The van der Waals surface area contributed by atoms with Crippen molar-refractivity contribution in [3.05, 3.63) is 30.1 Å². The van der Waals surface area contributed by atoms with Gasteiger partial charge < -0.3 is 5.11 Å². The van der Waals surface area contributed by atoms with Crippen LogP contribution < -0.4 is 0 Å². The third kappa shape index (κ3) is 1.80. The number of aliphatic hydroxyl groups excluding tert-OH is 1. The van der Waals surface area contributed by atoms with E-state index >= 15 is 0 Å². The number of rotatable bonds is 3. The van der Waals surface area contributed by atoms with Gasteiger partial charge in [0.1, 0.15) is 0 Å². The highest BCUT2D eigenvalue weighted by Gasteiger charge is 1.95. The molecule has 14 heavy (non-hydrogen) atoms. The minimum Gasteiger partial charge on any atom is -0.396 e. The van der Waals surface area contributed by atoms with Gasteiger partial charge in [-0.1, -0.05) is 12.2 Å². The van der Waals surface area contributed by atoms with E-state index in [9.17, 15) is 0 Å². The third-order valence-electron chi connectivity index (χ3n) is 1.92. The number of aromatic nitrogens is 3. The first-order chi connectivity index (χ1) is 6.90. The molecule has 72 valence electrons. The summed E-state index contributed by atoms with van der Waals surface area (Å²) in [4.78, 5) is 4.19. The van der Waals surface area contributed by atoms with Gasteiger partial charge in [-0.2, -0.15) is 5.10 Å². The van der Waals surface area contributed by atoms with E-state index in [1.807, 2.05) is 18.2 Å². The van der Waals surface area contributed by atoms with Gasteiger partial charge in [-0.3, -0.25) is 5.10 Å². The molecule has 0 aliphatic rings. The Bertz CT molecular complexity index is 447. The molecule has 0 aromatic carbocycles. The molecule has 0 aliphatic heterocycles. The zero-order chi connectivity index (χ0) is 9.80. The summed E-state index contributed by atoms with van der Waals surface area (Å²) in [7, 11) is 0. The van der Waals surface area contributed by atoms with Crippen LogP contribution in [0.25, 0.3) is 17.1 Å². The summed E-state index contributed by atoms with van der Waals surface area (Å²) < 4.78 is 0. The molecule has 0 saturated heterocycles. The largest absolute Gasteiger partial charge is 0.396 e. The molecule has 0 unspecified atom stereocenters. The summed E-state index contributed by atoms with van der Waals surface area (Å²) >= 11 is 0. The lowest BCUT2D eigenvalue weighted by atomic mass is 10.2. The topological polar surface area (TPSA) is 61.8 Å². The van der Waals surface area contributed by atoms with Gasteiger partial charge >= 0.3 is 0 Å². The number of nitrogens with one attached hydrogen (secondary N) is 1. The summed E-state index contributed by atoms with van der Waals surface area (Å²) in [5.74, 6) is 0. The number of H-pyrrole nitrogens is 1. The van der Waals surface area contributed by atoms with E-state index in [-0.39, 0.29) is 6.61 Å². The first-order valence-corrected chi connectivity index (χ1v) is 4.46. The molecule has 2 N–H and O–H groups in total. The Morgan fingerprint density at radius 2 is 2.36 bits per heavy atom. The SMILES string of the molecule is OCCC=Cc1cnc2[nH]ncc2c1. The Labute approximate surface area is 81.3 Å². The van der Waals surface area contributed by atoms with Gasteiger partial charge in [0.25, 0.3) is 0 Å². The molecule has 0 amide bonds. The smallest absolute Gasteiger partial charge is 0.155 e. The van der Waals surface area contributed by atoms with Crippen LogP contribution in [0.15, 0.2) is 24.5 Å². The molecule has 0 atom stereocenters. The second-order valence-corrected chi connectivity index (χ2v) is 2.99. The maximum absolute atomic E-state index is 8.60. The van der Waals surface area contributed by atoms with Crippen molar-refractivity contribution < 1.29 is 5.11 Å². The lowest BCUT2D eigenvalue weighted by molar-refractivity contribution is 0.303. The average molecular weight is 189 g/mol. The van der Waals surface area contributed by atoms with Crippen molar-refractivity contribution in [3.63, 3.8) is 0 Å². The molecule has 2 aromatic rings. The minimum atomic E-state index is 0.178. The van der Waals surface area contributed by atoms with E-state index in [1.165, 1.54) is 0 Å². The lowest BCUT2D eigenvalue weighted by Gasteiger charge is -1.92. The van der Waals surface area contributed by atoms with Crippen molar-refractivity contribution in [2.24, 2.45) is 0 Å². The van der Waals surface area contributed by atoms with Gasteiger partial charge in [0, 0.05) is 18.2 Å². The molecule has 4 heteroatoms. The Balaban J connectivity index is 2.25. The number of hydrogen-bond donors (Lipinski definition) is 2. The van der Waals surface area contributed by atoms with Crippen molar-refractivity contribution >= 4 is 17.1 Å². The third-order valence-corrected chi connectivity index (χ3v) is 1.92. The Kier molecular flexibility index (Phi) is 2.55. The summed E-state index contributed by atoms with van der Waals surface area (Å²) in [6.45, 7) is 0.178. The van der Waals surface area contributed by atoms with Crippen molar-refractivity contribution in [2.75, 3.05) is 6.61 Å². The minimum absolute atomic E-state index is 0.178. The molecule has 2 heterocycles. The molecule has 0 saturated carbocycles. The molecule has 0 aliphatic carbocycles. The Morgan fingerprint density at radius 3 is 3.21 bits per heavy atom. The quantitative estimate of drug-likeness (QED) is 0.766. The molecular formula is C10H11N3O. The van der Waals surface area contributed by atoms with Gasteiger partial charge in [-0.05, 0) is 18.1 Å². The number of pyridine rings is 1. The van der Waals surface area contributed by atoms with Crippen LogP contribution >= 0.6 is 0 Å². The first-order valence-electron chi connectivity index (χ1n) is 4.46. The van der Waals surface area contributed by atoms with Crippen molar-refractivity contribution in [2.45, 2.75) is 6.42 Å². The van der Waals surface area contributed by atoms with E-state index < -0.39 is 0 Å². The summed E-state index contributed by atoms with van der Waals surface area (Å²) in [6.07, 6.45) is 8.04. The fourth-order valence-corrected chi connectivity index (χ4v) is 1.24. The zero-order valence-corrected chi connectivity index (χ0v) is 7.64. The standard InChI is InChI=1S/C10H11N3O/c14-4-2-1-3-8-5-9-7-12-13-10(9)11-6-8/h1,3,5-7,14H,2,4H2,(H,11,12,13). The molecule has 0 bridgehead atoms. The predicted octanol–water partition coefficient (Wildman–Crippen LogP) is 1.35. The first kappa shape index (κ1) is 8.90. The van der Waals surface area contributed by atoms with Crippen molar-refractivity contribution in [1.82, 2.24) is 15.2 Å². The molecule has 0 fully saturated rings. The van der Waals surface area contributed by atoms with Gasteiger partial charge in [-0.15, -0.1) is 0 Å². The monoisotopic (exact) mass is 189 g/mol. The zero-order valence-electron chi connectivity index (χ0n) is 7.64. The van der Waals surface area contributed by atoms with Crippen LogP contribution in [0.1, 0.15) is 12.0 Å². The maximum Gasteiger partial charge on any atom is 0.155 e. The van der Waals surface area contributed by atoms with E-state index in [0.717, 1.165) is 16.6 Å². The van der Waals surface area contributed by atoms with E-state index in [4.69, 9.17) is 5.11 Å². The van der Waals surface area contributed by atoms with Crippen LogP contribution in [0.5, 0.6) is 0 Å². The molecular weight excluding hydrogens is 178 g/mol. The molecule has 0 radical (unpaired) electrons. The fraction of sp³-hybridized carbons (Fsp3) is 0.200. The number of aliphatic hydroxyl groups is 1. The van der Waals surface area contributed by atoms with Crippen LogP contribution in [0.3, 0.4) is 0 Å². The highest BCUT2D eigenvalue weighted by Crippen LogP contribution is 2.10.